The van der Waals surface area contributed by atoms with Crippen LogP contribution in [-0.2, 0) is 0 Å². The largest absolute Gasteiger partial charge is 0.309 e. The number of rotatable bonds is 8. The maximum atomic E-state index is 2.49. The number of fused-ring (bicyclic) bond motifs is 4. The van der Waals surface area contributed by atoms with Crippen LogP contribution in [0, 0.1) is 0 Å². The first-order chi connectivity index (χ1) is 30.3. The van der Waals surface area contributed by atoms with Gasteiger partial charge in [-0.1, -0.05) is 218 Å². The number of hydrogen-bond acceptors (Lipinski definition) is 1. The molecule has 1 heteroatoms. The molecule has 1 nitrogen and oxygen atoms in total. The van der Waals surface area contributed by atoms with Crippen molar-refractivity contribution < 1.29 is 0 Å². The first-order valence-corrected chi connectivity index (χ1v) is 21.0. The van der Waals surface area contributed by atoms with Crippen LogP contribution in [0.15, 0.2) is 249 Å². The summed E-state index contributed by atoms with van der Waals surface area (Å²) in [6, 6.07) is 90.6. The van der Waals surface area contributed by atoms with E-state index in [4.69, 9.17) is 0 Å². The van der Waals surface area contributed by atoms with Gasteiger partial charge >= 0.3 is 0 Å². The summed E-state index contributed by atoms with van der Waals surface area (Å²) in [5, 5.41) is 7.36. The second-order valence-electron chi connectivity index (χ2n) is 15.7. The zero-order valence-corrected chi connectivity index (χ0v) is 33.6. The predicted octanol–water partition coefficient (Wildman–Crippen LogP) is 17.0. The third-order valence-electron chi connectivity index (χ3n) is 12.0. The van der Waals surface area contributed by atoms with Crippen molar-refractivity contribution in [2.75, 3.05) is 4.90 Å². The molecule has 0 saturated heterocycles. The molecule has 0 aliphatic heterocycles. The fraction of sp³-hybridized carbons (Fsp3) is 0. The maximum absolute atomic E-state index is 2.49. The van der Waals surface area contributed by atoms with Crippen molar-refractivity contribution in [1.29, 1.82) is 0 Å². The molecule has 0 fully saturated rings. The molecule has 0 radical (unpaired) electrons. The molecule has 0 saturated carbocycles. The van der Waals surface area contributed by atoms with E-state index in [0.717, 1.165) is 17.1 Å². The Balaban J connectivity index is 1.14. The summed E-state index contributed by atoms with van der Waals surface area (Å²) in [5.41, 5.74) is 15.3. The number of anilines is 3. The highest BCUT2D eigenvalue weighted by atomic mass is 15.1. The van der Waals surface area contributed by atoms with Gasteiger partial charge in [0.25, 0.3) is 0 Å². The minimum Gasteiger partial charge on any atom is -0.309 e. The zero-order chi connectivity index (χ0) is 40.5. The lowest BCUT2D eigenvalue weighted by atomic mass is 9.89. The van der Waals surface area contributed by atoms with Gasteiger partial charge in [-0.25, -0.2) is 0 Å². The van der Waals surface area contributed by atoms with E-state index in [-0.39, 0.29) is 0 Å². The summed E-state index contributed by atoms with van der Waals surface area (Å²) in [5.74, 6) is 0. The lowest BCUT2D eigenvalue weighted by Gasteiger charge is -2.31. The van der Waals surface area contributed by atoms with Gasteiger partial charge in [0.2, 0.25) is 0 Å². The van der Waals surface area contributed by atoms with Crippen LogP contribution in [0.3, 0.4) is 0 Å². The molecule has 0 spiro atoms. The number of hydrogen-bond donors (Lipinski definition) is 0. The smallest absolute Gasteiger partial charge is 0.0624 e. The molecule has 0 amide bonds. The topological polar surface area (TPSA) is 3.24 Å². The van der Waals surface area contributed by atoms with Crippen molar-refractivity contribution in [2.24, 2.45) is 0 Å². The van der Waals surface area contributed by atoms with Gasteiger partial charge < -0.3 is 4.90 Å². The lowest BCUT2D eigenvalue weighted by molar-refractivity contribution is 1.30. The first-order valence-electron chi connectivity index (χ1n) is 21.0. The maximum Gasteiger partial charge on any atom is 0.0624 e. The Morgan fingerprint density at radius 2 is 0.689 bits per heavy atom. The van der Waals surface area contributed by atoms with Crippen molar-refractivity contribution in [1.82, 2.24) is 0 Å². The molecular weight excluding hydrogens is 735 g/mol. The van der Waals surface area contributed by atoms with Crippen molar-refractivity contribution in [3.05, 3.63) is 249 Å². The predicted molar refractivity (Wildman–Crippen MR) is 261 cm³/mol. The monoisotopic (exact) mass is 775 g/mol. The molecule has 0 bridgehead atoms. The van der Waals surface area contributed by atoms with Crippen LogP contribution in [0.2, 0.25) is 0 Å². The van der Waals surface area contributed by atoms with Crippen LogP contribution in [-0.4, -0.2) is 0 Å². The van der Waals surface area contributed by atoms with Crippen LogP contribution in [0.4, 0.5) is 17.1 Å². The molecule has 61 heavy (non-hydrogen) atoms. The molecule has 0 unspecified atom stereocenters. The third-order valence-corrected chi connectivity index (χ3v) is 12.0. The zero-order valence-electron chi connectivity index (χ0n) is 33.6. The highest BCUT2D eigenvalue weighted by Crippen LogP contribution is 2.50. The number of benzene rings is 11. The Morgan fingerprint density at radius 3 is 1.39 bits per heavy atom. The third kappa shape index (κ3) is 6.73. The van der Waals surface area contributed by atoms with Gasteiger partial charge in [-0.05, 0) is 107 Å². The fourth-order valence-electron chi connectivity index (χ4n) is 9.10. The SMILES string of the molecule is c1ccc(-c2cccc(N(c3ccc(-c4ccccc4-c4ccccc4)cc3)c3c(-c4ccc(-c5ccc6ccccc6c5)cc4)c4ccccc4c4ccccc34)c2)cc1. The van der Waals surface area contributed by atoms with Crippen LogP contribution in [0.5, 0.6) is 0 Å². The summed E-state index contributed by atoms with van der Waals surface area (Å²) in [6.07, 6.45) is 0. The molecule has 0 aliphatic carbocycles. The van der Waals surface area contributed by atoms with Crippen LogP contribution >= 0.6 is 0 Å². The van der Waals surface area contributed by atoms with Crippen molar-refractivity contribution in [3.8, 4) is 55.6 Å². The molecule has 0 aromatic heterocycles. The molecule has 0 N–H and O–H groups in total. The van der Waals surface area contributed by atoms with E-state index in [9.17, 15) is 0 Å². The molecule has 11 aromatic carbocycles. The van der Waals surface area contributed by atoms with E-state index >= 15 is 0 Å². The van der Waals surface area contributed by atoms with E-state index in [1.54, 1.807) is 0 Å². The normalized spacial score (nSPS) is 11.3. The summed E-state index contributed by atoms with van der Waals surface area (Å²) < 4.78 is 0. The molecule has 11 aromatic rings. The quantitative estimate of drug-likeness (QED) is 0.139. The van der Waals surface area contributed by atoms with Gasteiger partial charge in [-0.15, -0.1) is 0 Å². The summed E-state index contributed by atoms with van der Waals surface area (Å²) in [4.78, 5) is 2.49. The minimum atomic E-state index is 1.08. The Bertz CT molecular complexity index is 3330. The minimum absolute atomic E-state index is 1.08. The molecule has 286 valence electrons. The van der Waals surface area contributed by atoms with Crippen molar-refractivity contribution in [2.45, 2.75) is 0 Å². The van der Waals surface area contributed by atoms with Crippen molar-refractivity contribution in [3.63, 3.8) is 0 Å². The van der Waals surface area contributed by atoms with Gasteiger partial charge in [-0.3, -0.25) is 0 Å². The highest BCUT2D eigenvalue weighted by molar-refractivity contribution is 6.22. The molecule has 0 aliphatic rings. The molecule has 11 rings (SSSR count). The Hall–Kier alpha value is -8.00. The van der Waals surface area contributed by atoms with Gasteiger partial charge in [-0.2, -0.15) is 0 Å². The van der Waals surface area contributed by atoms with Crippen molar-refractivity contribution >= 4 is 49.4 Å². The highest BCUT2D eigenvalue weighted by Gasteiger charge is 2.24. The van der Waals surface area contributed by atoms with E-state index in [1.807, 2.05) is 0 Å². The fourth-order valence-corrected chi connectivity index (χ4v) is 9.10. The Kier molecular flexibility index (Phi) is 9.26. The molecular formula is C60H41N. The van der Waals surface area contributed by atoms with E-state index in [2.05, 4.69) is 254 Å². The van der Waals surface area contributed by atoms with Crippen LogP contribution in [0.1, 0.15) is 0 Å². The van der Waals surface area contributed by atoms with Crippen LogP contribution < -0.4 is 4.90 Å². The molecule has 0 atom stereocenters. The van der Waals surface area contributed by atoms with E-state index in [0.29, 0.717) is 0 Å². The number of nitrogens with zero attached hydrogens (tertiary/aromatic N) is 1. The van der Waals surface area contributed by atoms with Crippen LogP contribution in [0.25, 0.3) is 88.0 Å². The summed E-state index contributed by atoms with van der Waals surface area (Å²) in [6.45, 7) is 0. The average Bonchev–Trinajstić information content (AvgIpc) is 3.35. The summed E-state index contributed by atoms with van der Waals surface area (Å²) in [7, 11) is 0. The lowest BCUT2D eigenvalue weighted by Crippen LogP contribution is -2.12. The Morgan fingerprint density at radius 1 is 0.230 bits per heavy atom. The van der Waals surface area contributed by atoms with Gasteiger partial charge in [0.15, 0.2) is 0 Å². The van der Waals surface area contributed by atoms with E-state index in [1.165, 1.54) is 88.0 Å². The first kappa shape index (κ1) is 36.1. The Labute approximate surface area is 357 Å². The standard InChI is InChI=1S/C60H41N/c1-3-16-42(17-4-1)49-22-15-23-52(41-49)61(51-38-36-46(37-39-51)54-25-10-9-24-53(54)45-19-5-2-6-20-45)60-58-29-14-12-27-56(58)55-26-11-13-28-57(55)59(60)47-33-30-44(31-34-47)50-35-32-43-18-7-8-21-48(43)40-50/h1-41H. The second kappa shape index (κ2) is 15.6. The van der Waals surface area contributed by atoms with Gasteiger partial charge in [0.05, 0.1) is 5.69 Å². The average molecular weight is 776 g/mol. The summed E-state index contributed by atoms with van der Waals surface area (Å²) >= 11 is 0. The molecule has 0 heterocycles. The van der Waals surface area contributed by atoms with Gasteiger partial charge in [0, 0.05) is 22.3 Å². The second-order valence-corrected chi connectivity index (χ2v) is 15.7. The van der Waals surface area contributed by atoms with Gasteiger partial charge in [0.1, 0.15) is 0 Å². The van der Waals surface area contributed by atoms with E-state index < -0.39 is 0 Å².